The van der Waals surface area contributed by atoms with Gasteiger partial charge >= 0.3 is 0 Å². The van der Waals surface area contributed by atoms with E-state index in [9.17, 15) is 10.4 Å². The van der Waals surface area contributed by atoms with Crippen molar-refractivity contribution in [3.63, 3.8) is 0 Å². The molecule has 0 aromatic heterocycles. The number of likely N-dealkylation sites (N-methyl/N-ethyl adjacent to an activating group) is 1. The molecule has 0 spiro atoms. The molecule has 2 aromatic carbocycles. The minimum absolute atomic E-state index is 0.194. The molecule has 1 N–H and O–H groups in total. The number of phenolic OH excluding ortho intramolecular Hbond substituents is 1. The molecule has 3 rings (SSSR count). The minimum Gasteiger partial charge on any atom is -0.507 e. The van der Waals surface area contributed by atoms with Gasteiger partial charge in [-0.2, -0.15) is 5.26 Å². The lowest BCUT2D eigenvalue weighted by Crippen LogP contribution is -2.15. The summed E-state index contributed by atoms with van der Waals surface area (Å²) < 4.78 is 0. The van der Waals surface area contributed by atoms with Gasteiger partial charge < -0.3 is 10.0 Å². The van der Waals surface area contributed by atoms with Crippen LogP contribution in [-0.2, 0) is 0 Å². The van der Waals surface area contributed by atoms with Gasteiger partial charge in [-0.05, 0) is 11.6 Å². The highest BCUT2D eigenvalue weighted by molar-refractivity contribution is 6.19. The molecule has 4 heteroatoms. The summed E-state index contributed by atoms with van der Waals surface area (Å²) in [6, 6.07) is 9.40. The molecule has 96 valence electrons. The second-order valence-electron chi connectivity index (χ2n) is 4.90. The first kappa shape index (κ1) is 12.1. The zero-order valence-corrected chi connectivity index (χ0v) is 11.3. The Kier molecular flexibility index (Phi) is 2.76. The van der Waals surface area contributed by atoms with Crippen LogP contribution >= 0.6 is 11.6 Å². The summed E-state index contributed by atoms with van der Waals surface area (Å²) in [5, 5.41) is 21.0. The fourth-order valence-electron chi connectivity index (χ4n) is 2.94. The fraction of sp³-hybridized carbons (Fsp3) is 0.267. The van der Waals surface area contributed by atoms with E-state index < -0.39 is 0 Å². The largest absolute Gasteiger partial charge is 0.507 e. The van der Waals surface area contributed by atoms with E-state index in [1.54, 1.807) is 18.2 Å². The Hall–Kier alpha value is -1.92. The van der Waals surface area contributed by atoms with E-state index in [0.717, 1.165) is 28.6 Å². The predicted molar refractivity (Wildman–Crippen MR) is 77.1 cm³/mol. The zero-order chi connectivity index (χ0) is 13.6. The number of fused-ring (bicyclic) bond motifs is 3. The molecule has 0 bridgehead atoms. The number of hydrogen-bond donors (Lipinski definition) is 1. The molecule has 0 aliphatic carbocycles. The van der Waals surface area contributed by atoms with Crippen LogP contribution in [-0.4, -0.2) is 24.6 Å². The maximum Gasteiger partial charge on any atom is 0.125 e. The van der Waals surface area contributed by atoms with Crippen molar-refractivity contribution < 1.29 is 5.11 Å². The van der Waals surface area contributed by atoms with Crippen molar-refractivity contribution >= 4 is 28.1 Å². The van der Waals surface area contributed by atoms with Crippen LogP contribution in [0.25, 0.3) is 10.8 Å². The summed E-state index contributed by atoms with van der Waals surface area (Å²) in [5.74, 6) is 0.920. The zero-order valence-electron chi connectivity index (χ0n) is 10.5. The van der Waals surface area contributed by atoms with Gasteiger partial charge in [-0.3, -0.25) is 0 Å². The van der Waals surface area contributed by atoms with Crippen LogP contribution in [0.4, 0.5) is 5.69 Å². The molecule has 1 aliphatic rings. The average Bonchev–Trinajstić information content (AvgIpc) is 2.75. The van der Waals surface area contributed by atoms with E-state index in [1.165, 1.54) is 0 Å². The van der Waals surface area contributed by atoms with E-state index in [4.69, 9.17) is 11.6 Å². The topological polar surface area (TPSA) is 47.3 Å². The first-order valence-corrected chi connectivity index (χ1v) is 6.66. The highest BCUT2D eigenvalue weighted by Crippen LogP contribution is 2.45. The monoisotopic (exact) mass is 272 g/mol. The number of phenols is 1. The minimum atomic E-state index is 0.194. The molecule has 0 saturated carbocycles. The molecule has 0 unspecified atom stereocenters. The average molecular weight is 273 g/mol. The first-order valence-electron chi connectivity index (χ1n) is 6.13. The number of benzene rings is 2. The van der Waals surface area contributed by atoms with Crippen LogP contribution in [0.15, 0.2) is 24.3 Å². The van der Waals surface area contributed by atoms with Crippen molar-refractivity contribution in [2.75, 3.05) is 24.4 Å². The van der Waals surface area contributed by atoms with Crippen LogP contribution in [0, 0.1) is 11.3 Å². The summed E-state index contributed by atoms with van der Waals surface area (Å²) in [7, 11) is 1.98. The summed E-state index contributed by atoms with van der Waals surface area (Å²) in [5.41, 5.74) is 2.65. The third-order valence-electron chi connectivity index (χ3n) is 3.78. The second kappa shape index (κ2) is 4.32. The van der Waals surface area contributed by atoms with Gasteiger partial charge in [-0.15, -0.1) is 11.6 Å². The van der Waals surface area contributed by atoms with Gasteiger partial charge in [0.25, 0.3) is 0 Å². The van der Waals surface area contributed by atoms with Gasteiger partial charge in [0.1, 0.15) is 5.75 Å². The van der Waals surface area contributed by atoms with Crippen LogP contribution in [0.1, 0.15) is 17.0 Å². The molecule has 0 fully saturated rings. The molecule has 19 heavy (non-hydrogen) atoms. The van der Waals surface area contributed by atoms with Crippen molar-refractivity contribution in [1.29, 1.82) is 5.26 Å². The van der Waals surface area contributed by atoms with Gasteiger partial charge in [0, 0.05) is 47.9 Å². The van der Waals surface area contributed by atoms with E-state index >= 15 is 0 Å². The number of alkyl halides is 1. The summed E-state index contributed by atoms with van der Waals surface area (Å²) in [4.78, 5) is 2.08. The fourth-order valence-corrected chi connectivity index (χ4v) is 3.19. The predicted octanol–water partition coefficient (Wildman–Crippen LogP) is 3.19. The Morgan fingerprint density at radius 2 is 2.32 bits per heavy atom. The van der Waals surface area contributed by atoms with Gasteiger partial charge in [-0.1, -0.05) is 12.1 Å². The van der Waals surface area contributed by atoms with Gasteiger partial charge in [0.05, 0.1) is 11.6 Å². The Balaban J connectivity index is 2.47. The van der Waals surface area contributed by atoms with Crippen LogP contribution in [0.5, 0.6) is 5.75 Å². The molecular formula is C15H13ClN2O. The Morgan fingerprint density at radius 1 is 1.53 bits per heavy atom. The molecule has 1 heterocycles. The van der Waals surface area contributed by atoms with E-state index in [-0.39, 0.29) is 11.7 Å². The molecule has 0 radical (unpaired) electrons. The lowest BCUT2D eigenvalue weighted by atomic mass is 9.92. The van der Waals surface area contributed by atoms with Crippen LogP contribution in [0.3, 0.4) is 0 Å². The van der Waals surface area contributed by atoms with Crippen LogP contribution < -0.4 is 4.90 Å². The molecule has 1 atom stereocenters. The first-order chi connectivity index (χ1) is 9.17. The molecule has 3 nitrogen and oxygen atoms in total. The molecule has 0 saturated heterocycles. The van der Waals surface area contributed by atoms with Crippen LogP contribution in [0.2, 0.25) is 0 Å². The van der Waals surface area contributed by atoms with Crippen molar-refractivity contribution in [3.05, 3.63) is 35.4 Å². The number of nitrogens with zero attached hydrogens (tertiary/aromatic N) is 2. The summed E-state index contributed by atoms with van der Waals surface area (Å²) in [6.45, 7) is 0.817. The highest BCUT2D eigenvalue weighted by Gasteiger charge is 2.30. The maximum atomic E-state index is 10.2. The molecule has 2 aromatic rings. The van der Waals surface area contributed by atoms with Crippen molar-refractivity contribution in [2.45, 2.75) is 5.92 Å². The summed E-state index contributed by atoms with van der Waals surface area (Å²) in [6.07, 6.45) is 0. The standard InChI is InChI=1S/C15H13ClN2O/c1-18-8-10(6-16)15-12(18)5-13(19)11-4-2-3-9(7-17)14(11)15/h2-5,10,19H,6,8H2,1H3/t10-/m1/s1. The molecular weight excluding hydrogens is 260 g/mol. The quantitative estimate of drug-likeness (QED) is 0.811. The van der Waals surface area contributed by atoms with E-state index in [0.29, 0.717) is 11.4 Å². The lowest BCUT2D eigenvalue weighted by Gasteiger charge is -2.14. The second-order valence-corrected chi connectivity index (χ2v) is 5.21. The highest BCUT2D eigenvalue weighted by atomic mass is 35.5. The van der Waals surface area contributed by atoms with Crippen molar-refractivity contribution in [3.8, 4) is 11.8 Å². The summed E-state index contributed by atoms with van der Waals surface area (Å²) >= 11 is 6.06. The van der Waals surface area contributed by atoms with Gasteiger partial charge in [0.2, 0.25) is 0 Å². The Labute approximate surface area is 116 Å². The SMILES string of the molecule is CN1C[C@@H](CCl)c2c1cc(O)c1cccc(C#N)c21. The Morgan fingerprint density at radius 3 is 3.00 bits per heavy atom. The number of halogens is 1. The van der Waals surface area contributed by atoms with Gasteiger partial charge in [-0.25, -0.2) is 0 Å². The lowest BCUT2D eigenvalue weighted by molar-refractivity contribution is 0.481. The third kappa shape index (κ3) is 1.64. The maximum absolute atomic E-state index is 10.2. The Bertz CT molecular complexity index is 705. The van der Waals surface area contributed by atoms with Crippen molar-refractivity contribution in [2.24, 2.45) is 0 Å². The normalized spacial score (nSPS) is 17.5. The third-order valence-corrected chi connectivity index (χ3v) is 4.15. The number of aromatic hydroxyl groups is 1. The number of rotatable bonds is 1. The smallest absolute Gasteiger partial charge is 0.125 e. The number of nitriles is 1. The van der Waals surface area contributed by atoms with Crippen molar-refractivity contribution in [1.82, 2.24) is 0 Å². The van der Waals surface area contributed by atoms with E-state index in [1.807, 2.05) is 13.1 Å². The number of anilines is 1. The number of hydrogen-bond acceptors (Lipinski definition) is 3. The molecule has 0 amide bonds. The molecule has 1 aliphatic heterocycles. The van der Waals surface area contributed by atoms with E-state index in [2.05, 4.69) is 11.0 Å². The van der Waals surface area contributed by atoms with Gasteiger partial charge in [0.15, 0.2) is 0 Å².